The van der Waals surface area contributed by atoms with E-state index in [1.807, 2.05) is 0 Å². The van der Waals surface area contributed by atoms with E-state index in [2.05, 4.69) is 21.2 Å². The van der Waals surface area contributed by atoms with E-state index in [9.17, 15) is 9.90 Å². The monoisotopic (exact) mass is 331 g/mol. The highest BCUT2D eigenvalue weighted by atomic mass is 79.9. The van der Waals surface area contributed by atoms with E-state index in [1.165, 1.54) is 0 Å². The zero-order valence-corrected chi connectivity index (χ0v) is 12.4. The average Bonchev–Trinajstić information content (AvgIpc) is 3.10. The highest BCUT2D eigenvalue weighted by molar-refractivity contribution is 9.10. The van der Waals surface area contributed by atoms with Crippen molar-refractivity contribution < 1.29 is 9.90 Å². The first-order valence-corrected chi connectivity index (χ1v) is 7.03. The van der Waals surface area contributed by atoms with Crippen molar-refractivity contribution in [2.24, 2.45) is 5.92 Å². The van der Waals surface area contributed by atoms with Crippen LogP contribution in [-0.2, 0) is 0 Å². The van der Waals surface area contributed by atoms with Gasteiger partial charge in [0.1, 0.15) is 0 Å². The van der Waals surface area contributed by atoms with E-state index in [-0.39, 0.29) is 12.5 Å². The number of nitrogens with one attached hydrogen (secondary N) is 1. The fourth-order valence-electron chi connectivity index (χ4n) is 1.91. The number of hydrogen-bond acceptors (Lipinski definition) is 2. The molecule has 1 fully saturated rings. The second kappa shape index (κ2) is 5.19. The summed E-state index contributed by atoms with van der Waals surface area (Å²) < 4.78 is 0.651. The lowest BCUT2D eigenvalue weighted by Crippen LogP contribution is -2.42. The fraction of sp³-hybridized carbons (Fsp3) is 0.462. The number of benzene rings is 1. The molecule has 0 aromatic heterocycles. The van der Waals surface area contributed by atoms with Gasteiger partial charge in [0.2, 0.25) is 0 Å². The van der Waals surface area contributed by atoms with Crippen LogP contribution in [0.3, 0.4) is 0 Å². The van der Waals surface area contributed by atoms with Crippen molar-refractivity contribution in [2.75, 3.05) is 6.54 Å². The van der Waals surface area contributed by atoms with Gasteiger partial charge in [-0.05, 0) is 53.7 Å². The molecule has 1 aliphatic rings. The van der Waals surface area contributed by atoms with Crippen molar-refractivity contribution in [2.45, 2.75) is 25.4 Å². The first-order valence-electron chi connectivity index (χ1n) is 5.86. The Morgan fingerprint density at radius 2 is 2.28 bits per heavy atom. The molecule has 1 saturated carbocycles. The largest absolute Gasteiger partial charge is 0.388 e. The molecule has 0 saturated heterocycles. The summed E-state index contributed by atoms with van der Waals surface area (Å²) in [5.41, 5.74) is -0.422. The van der Waals surface area contributed by atoms with Gasteiger partial charge in [-0.15, -0.1) is 0 Å². The maximum Gasteiger partial charge on any atom is 0.254 e. The summed E-state index contributed by atoms with van der Waals surface area (Å²) in [6.07, 6.45) is 2.05. The van der Waals surface area contributed by atoms with Gasteiger partial charge in [0.15, 0.2) is 0 Å². The lowest BCUT2D eigenvalue weighted by molar-refractivity contribution is 0.0354. The Balaban J connectivity index is 2.04. The molecule has 18 heavy (non-hydrogen) atoms. The molecular weight excluding hydrogens is 318 g/mol. The Kier molecular flexibility index (Phi) is 3.99. The zero-order valence-electron chi connectivity index (χ0n) is 10.0. The molecule has 5 heteroatoms. The van der Waals surface area contributed by atoms with Crippen LogP contribution < -0.4 is 5.32 Å². The standard InChI is InChI=1S/C13H15BrClNO2/c1-13(18,8-5-6-8)7-16-12(17)11-9(14)3-2-4-10(11)15/h2-4,8,18H,5-7H2,1H3,(H,16,17). The number of carbonyl (C=O) groups excluding carboxylic acids is 1. The first kappa shape index (κ1) is 13.8. The number of halogens is 2. The SMILES string of the molecule is CC(O)(CNC(=O)c1c(Cl)cccc1Br)C1CC1. The van der Waals surface area contributed by atoms with Crippen LogP contribution in [-0.4, -0.2) is 23.2 Å². The molecule has 1 aromatic rings. The molecule has 1 aromatic carbocycles. The Hall–Kier alpha value is -0.580. The molecule has 1 aliphatic carbocycles. The van der Waals surface area contributed by atoms with Crippen LogP contribution in [0, 0.1) is 5.92 Å². The van der Waals surface area contributed by atoms with Crippen LogP contribution in [0.5, 0.6) is 0 Å². The smallest absolute Gasteiger partial charge is 0.254 e. The van der Waals surface area contributed by atoms with Gasteiger partial charge in [0.25, 0.3) is 5.91 Å². The molecule has 3 nitrogen and oxygen atoms in total. The Labute approximate surface area is 120 Å². The van der Waals surface area contributed by atoms with Gasteiger partial charge in [-0.25, -0.2) is 0 Å². The van der Waals surface area contributed by atoms with Gasteiger partial charge in [-0.1, -0.05) is 17.7 Å². The molecule has 0 bridgehead atoms. The number of amides is 1. The van der Waals surface area contributed by atoms with Gasteiger partial charge in [0, 0.05) is 11.0 Å². The number of hydrogen-bond donors (Lipinski definition) is 2. The summed E-state index contributed by atoms with van der Waals surface area (Å²) in [7, 11) is 0. The fourth-order valence-corrected chi connectivity index (χ4v) is 2.83. The summed E-state index contributed by atoms with van der Waals surface area (Å²) >= 11 is 9.30. The summed E-state index contributed by atoms with van der Waals surface area (Å²) in [6, 6.07) is 5.20. The molecule has 0 aliphatic heterocycles. The third-order valence-corrected chi connectivity index (χ3v) is 4.23. The normalized spacial score (nSPS) is 18.2. The summed E-state index contributed by atoms with van der Waals surface area (Å²) in [5.74, 6) is 0.0286. The maximum atomic E-state index is 12.0. The van der Waals surface area contributed by atoms with Crippen LogP contribution >= 0.6 is 27.5 Å². The van der Waals surface area contributed by atoms with Gasteiger partial charge in [0.05, 0.1) is 16.2 Å². The van der Waals surface area contributed by atoms with Crippen molar-refractivity contribution in [3.05, 3.63) is 33.3 Å². The van der Waals surface area contributed by atoms with E-state index >= 15 is 0 Å². The predicted molar refractivity (Wildman–Crippen MR) is 74.8 cm³/mol. The lowest BCUT2D eigenvalue weighted by atomic mass is 10.0. The van der Waals surface area contributed by atoms with Gasteiger partial charge in [-0.2, -0.15) is 0 Å². The van der Waals surface area contributed by atoms with E-state index in [0.717, 1.165) is 12.8 Å². The Morgan fingerprint density at radius 3 is 2.83 bits per heavy atom. The Morgan fingerprint density at radius 1 is 1.61 bits per heavy atom. The molecule has 1 unspecified atom stereocenters. The molecule has 1 atom stereocenters. The molecule has 0 heterocycles. The third kappa shape index (κ3) is 3.05. The van der Waals surface area contributed by atoms with Crippen LogP contribution in [0.1, 0.15) is 30.1 Å². The molecule has 1 amide bonds. The number of rotatable bonds is 4. The van der Waals surface area contributed by atoms with E-state index in [0.29, 0.717) is 21.0 Å². The predicted octanol–water partition coefficient (Wildman–Crippen LogP) is 2.99. The molecule has 2 rings (SSSR count). The summed E-state index contributed by atoms with van der Waals surface area (Å²) in [6.45, 7) is 2.00. The highest BCUT2D eigenvalue weighted by Gasteiger charge is 2.40. The first-order chi connectivity index (χ1) is 8.42. The third-order valence-electron chi connectivity index (χ3n) is 3.25. The van der Waals surface area contributed by atoms with Crippen LogP contribution in [0.2, 0.25) is 5.02 Å². The topological polar surface area (TPSA) is 49.3 Å². The van der Waals surface area contributed by atoms with Gasteiger partial charge in [-0.3, -0.25) is 4.79 Å². The highest BCUT2D eigenvalue weighted by Crippen LogP contribution is 2.39. The maximum absolute atomic E-state index is 12.0. The minimum atomic E-state index is -0.830. The van der Waals surface area contributed by atoms with Gasteiger partial charge >= 0.3 is 0 Å². The number of carbonyl (C=O) groups is 1. The molecular formula is C13H15BrClNO2. The van der Waals surface area contributed by atoms with E-state index < -0.39 is 5.60 Å². The van der Waals surface area contributed by atoms with Crippen LogP contribution in [0.4, 0.5) is 0 Å². The minimum absolute atomic E-state index is 0.244. The quantitative estimate of drug-likeness (QED) is 0.890. The average molecular weight is 333 g/mol. The lowest BCUT2D eigenvalue weighted by Gasteiger charge is -2.23. The molecule has 2 N–H and O–H groups in total. The Bertz CT molecular complexity index is 452. The van der Waals surface area contributed by atoms with Crippen molar-refractivity contribution in [1.29, 1.82) is 0 Å². The van der Waals surface area contributed by atoms with E-state index in [1.54, 1.807) is 25.1 Å². The van der Waals surface area contributed by atoms with Gasteiger partial charge < -0.3 is 10.4 Å². The zero-order chi connectivity index (χ0) is 13.3. The molecule has 98 valence electrons. The molecule has 0 radical (unpaired) electrons. The second-order valence-corrected chi connectivity index (χ2v) is 6.17. The second-order valence-electron chi connectivity index (χ2n) is 4.91. The van der Waals surface area contributed by atoms with E-state index in [4.69, 9.17) is 11.6 Å². The van der Waals surface area contributed by atoms with Crippen LogP contribution in [0.15, 0.2) is 22.7 Å². The van der Waals surface area contributed by atoms with Crippen LogP contribution in [0.25, 0.3) is 0 Å². The molecule has 0 spiro atoms. The van der Waals surface area contributed by atoms with Crippen molar-refractivity contribution in [3.8, 4) is 0 Å². The minimum Gasteiger partial charge on any atom is -0.388 e. The summed E-state index contributed by atoms with van der Waals surface area (Å²) in [4.78, 5) is 12.0. The number of aliphatic hydroxyl groups is 1. The van der Waals surface area contributed by atoms with Crippen molar-refractivity contribution >= 4 is 33.4 Å². The summed E-state index contributed by atoms with van der Waals surface area (Å²) in [5, 5.41) is 13.3. The van der Waals surface area contributed by atoms with Crippen molar-refractivity contribution in [3.63, 3.8) is 0 Å². The van der Waals surface area contributed by atoms with Crippen molar-refractivity contribution in [1.82, 2.24) is 5.32 Å².